The Morgan fingerprint density at radius 2 is 1.62 bits per heavy atom. The molecule has 1 aromatic heterocycles. The van der Waals surface area contributed by atoms with Gasteiger partial charge in [0, 0.05) is 32.2 Å². The normalized spacial score (nSPS) is 11.3. The van der Waals surface area contributed by atoms with Crippen molar-refractivity contribution in [1.29, 1.82) is 0 Å². The maximum absolute atomic E-state index is 12.6. The second-order valence-electron chi connectivity index (χ2n) is 6.19. The van der Waals surface area contributed by atoms with Crippen molar-refractivity contribution in [3.63, 3.8) is 0 Å². The molecule has 0 aliphatic carbocycles. The van der Waals surface area contributed by atoms with Crippen molar-refractivity contribution in [2.75, 3.05) is 19.0 Å². The van der Waals surface area contributed by atoms with Gasteiger partial charge >= 0.3 is 0 Å². The molecule has 0 radical (unpaired) electrons. The Morgan fingerprint density at radius 1 is 0.962 bits per heavy atom. The van der Waals surface area contributed by atoms with Crippen LogP contribution in [0.2, 0.25) is 0 Å². The predicted octanol–water partition coefficient (Wildman–Crippen LogP) is 3.70. The van der Waals surface area contributed by atoms with Gasteiger partial charge in [0.1, 0.15) is 0 Å². The maximum Gasteiger partial charge on any atom is 0.273 e. The smallest absolute Gasteiger partial charge is 0.273 e. The fourth-order valence-corrected chi connectivity index (χ4v) is 2.65. The van der Waals surface area contributed by atoms with E-state index in [0.29, 0.717) is 5.56 Å². The summed E-state index contributed by atoms with van der Waals surface area (Å²) in [5.74, 6) is -0.237. The fourth-order valence-electron chi connectivity index (χ4n) is 2.65. The SMILES string of the molecule is C/C(=N/NC(=O)c1ccccc1-n1cccc1)c1ccc(N(C)C)cc1. The molecular formula is C21H22N4O. The molecule has 0 unspecified atom stereocenters. The highest BCUT2D eigenvalue weighted by atomic mass is 16.2. The second kappa shape index (κ2) is 7.70. The molecule has 0 bridgehead atoms. The monoisotopic (exact) mass is 346 g/mol. The van der Waals surface area contributed by atoms with E-state index >= 15 is 0 Å². The van der Waals surface area contributed by atoms with Crippen LogP contribution in [0.15, 0.2) is 78.2 Å². The van der Waals surface area contributed by atoms with Gasteiger partial charge in [-0.1, -0.05) is 24.3 Å². The molecule has 132 valence electrons. The average molecular weight is 346 g/mol. The number of nitrogens with one attached hydrogen (secondary N) is 1. The zero-order valence-corrected chi connectivity index (χ0v) is 15.2. The van der Waals surface area contributed by atoms with Crippen LogP contribution in [0.25, 0.3) is 5.69 Å². The topological polar surface area (TPSA) is 49.6 Å². The summed E-state index contributed by atoms with van der Waals surface area (Å²) in [7, 11) is 4.00. The van der Waals surface area contributed by atoms with Gasteiger partial charge in [-0.25, -0.2) is 5.43 Å². The standard InChI is InChI=1S/C21H22N4O/c1-16(17-10-12-18(13-11-17)24(2)3)22-23-21(26)19-8-4-5-9-20(19)25-14-6-7-15-25/h4-15H,1-3H3,(H,23,26)/b22-16-. The summed E-state index contributed by atoms with van der Waals surface area (Å²) in [6.45, 7) is 1.88. The molecule has 0 atom stereocenters. The Labute approximate surface area is 153 Å². The van der Waals surface area contributed by atoms with E-state index in [2.05, 4.69) is 10.5 Å². The van der Waals surface area contributed by atoms with E-state index in [-0.39, 0.29) is 5.91 Å². The van der Waals surface area contributed by atoms with Gasteiger partial charge in [-0.05, 0) is 48.9 Å². The zero-order valence-electron chi connectivity index (χ0n) is 15.2. The number of carbonyl (C=O) groups is 1. The minimum Gasteiger partial charge on any atom is -0.378 e. The number of anilines is 1. The Kier molecular flexibility index (Phi) is 5.17. The Balaban J connectivity index is 1.77. The van der Waals surface area contributed by atoms with Gasteiger partial charge < -0.3 is 9.47 Å². The summed E-state index contributed by atoms with van der Waals surface area (Å²) in [6, 6.07) is 19.3. The number of benzene rings is 2. The van der Waals surface area contributed by atoms with E-state index in [9.17, 15) is 4.79 Å². The number of hydrogen-bond acceptors (Lipinski definition) is 3. The molecule has 0 spiro atoms. The fraction of sp³-hybridized carbons (Fsp3) is 0.143. The Bertz CT molecular complexity index is 909. The quantitative estimate of drug-likeness (QED) is 0.566. The van der Waals surface area contributed by atoms with Crippen molar-refractivity contribution in [3.8, 4) is 5.69 Å². The lowest BCUT2D eigenvalue weighted by Crippen LogP contribution is -2.21. The summed E-state index contributed by atoms with van der Waals surface area (Å²) in [6.07, 6.45) is 3.82. The molecule has 2 aromatic carbocycles. The van der Waals surface area contributed by atoms with Crippen LogP contribution in [0, 0.1) is 0 Å². The van der Waals surface area contributed by atoms with Gasteiger partial charge in [0.15, 0.2) is 0 Å². The first-order chi connectivity index (χ1) is 12.6. The number of amides is 1. The summed E-state index contributed by atoms with van der Waals surface area (Å²) in [5, 5.41) is 4.26. The van der Waals surface area contributed by atoms with E-state index in [4.69, 9.17) is 0 Å². The number of hydrazone groups is 1. The maximum atomic E-state index is 12.6. The van der Waals surface area contributed by atoms with Crippen LogP contribution >= 0.6 is 0 Å². The average Bonchev–Trinajstić information content (AvgIpc) is 3.20. The molecule has 0 aliphatic heterocycles. The number of carbonyl (C=O) groups excluding carboxylic acids is 1. The van der Waals surface area contributed by atoms with Crippen molar-refractivity contribution >= 4 is 17.3 Å². The Hall–Kier alpha value is -3.34. The molecule has 1 N–H and O–H groups in total. The number of para-hydroxylation sites is 1. The van der Waals surface area contributed by atoms with Crippen LogP contribution in [0.5, 0.6) is 0 Å². The summed E-state index contributed by atoms with van der Waals surface area (Å²) >= 11 is 0. The van der Waals surface area contributed by atoms with Gasteiger partial charge in [0.05, 0.1) is 17.0 Å². The van der Waals surface area contributed by atoms with Crippen LogP contribution in [0.1, 0.15) is 22.8 Å². The number of rotatable bonds is 5. The lowest BCUT2D eigenvalue weighted by molar-refractivity contribution is 0.0955. The van der Waals surface area contributed by atoms with Crippen molar-refractivity contribution in [1.82, 2.24) is 9.99 Å². The molecule has 5 heteroatoms. The molecule has 1 amide bonds. The Morgan fingerprint density at radius 3 is 2.27 bits per heavy atom. The predicted molar refractivity (Wildman–Crippen MR) is 106 cm³/mol. The van der Waals surface area contributed by atoms with Crippen LogP contribution in [0.3, 0.4) is 0 Å². The first kappa shape index (κ1) is 17.5. The van der Waals surface area contributed by atoms with Gasteiger partial charge in [0.2, 0.25) is 0 Å². The summed E-state index contributed by atoms with van der Waals surface area (Å²) in [5.41, 5.74) is 6.89. The molecule has 0 fully saturated rings. The molecule has 1 heterocycles. The highest BCUT2D eigenvalue weighted by Crippen LogP contribution is 2.15. The third-order valence-electron chi connectivity index (χ3n) is 4.16. The molecule has 0 aliphatic rings. The first-order valence-electron chi connectivity index (χ1n) is 8.41. The van der Waals surface area contributed by atoms with E-state index in [1.807, 2.05) is 97.5 Å². The van der Waals surface area contributed by atoms with Gasteiger partial charge in [0.25, 0.3) is 5.91 Å². The first-order valence-corrected chi connectivity index (χ1v) is 8.41. The summed E-state index contributed by atoms with van der Waals surface area (Å²) < 4.78 is 1.91. The number of aromatic nitrogens is 1. The number of nitrogens with zero attached hydrogens (tertiary/aromatic N) is 3. The zero-order chi connectivity index (χ0) is 18.5. The molecular weight excluding hydrogens is 324 g/mol. The van der Waals surface area contributed by atoms with Crippen molar-refractivity contribution in [3.05, 3.63) is 84.2 Å². The third-order valence-corrected chi connectivity index (χ3v) is 4.16. The second-order valence-corrected chi connectivity index (χ2v) is 6.19. The largest absolute Gasteiger partial charge is 0.378 e. The molecule has 0 saturated heterocycles. The van der Waals surface area contributed by atoms with E-state index in [1.54, 1.807) is 6.07 Å². The van der Waals surface area contributed by atoms with E-state index in [1.165, 1.54) is 0 Å². The van der Waals surface area contributed by atoms with Gasteiger partial charge in [-0.2, -0.15) is 5.10 Å². The van der Waals surface area contributed by atoms with Crippen LogP contribution in [0.4, 0.5) is 5.69 Å². The van der Waals surface area contributed by atoms with Gasteiger partial charge in [-0.3, -0.25) is 4.79 Å². The van der Waals surface area contributed by atoms with Gasteiger partial charge in [-0.15, -0.1) is 0 Å². The molecule has 3 rings (SSSR count). The van der Waals surface area contributed by atoms with Crippen LogP contribution in [-0.2, 0) is 0 Å². The molecule has 0 saturated carbocycles. The van der Waals surface area contributed by atoms with Crippen LogP contribution < -0.4 is 10.3 Å². The van der Waals surface area contributed by atoms with Crippen molar-refractivity contribution in [2.24, 2.45) is 5.10 Å². The lowest BCUT2D eigenvalue weighted by Gasteiger charge is -2.12. The number of hydrogen-bond donors (Lipinski definition) is 1. The highest BCUT2D eigenvalue weighted by molar-refractivity contribution is 6.02. The minimum atomic E-state index is -0.237. The molecule has 26 heavy (non-hydrogen) atoms. The molecule has 3 aromatic rings. The lowest BCUT2D eigenvalue weighted by atomic mass is 10.1. The minimum absolute atomic E-state index is 0.237. The van der Waals surface area contributed by atoms with Crippen LogP contribution in [-0.4, -0.2) is 30.3 Å². The summed E-state index contributed by atoms with van der Waals surface area (Å²) in [4.78, 5) is 14.6. The highest BCUT2D eigenvalue weighted by Gasteiger charge is 2.11. The molecule has 5 nitrogen and oxygen atoms in total. The van der Waals surface area contributed by atoms with E-state index in [0.717, 1.165) is 22.6 Å². The van der Waals surface area contributed by atoms with E-state index < -0.39 is 0 Å². The van der Waals surface area contributed by atoms with Crippen molar-refractivity contribution < 1.29 is 4.79 Å². The van der Waals surface area contributed by atoms with Crippen molar-refractivity contribution in [2.45, 2.75) is 6.92 Å². The third kappa shape index (κ3) is 3.83.